The number of carbonyl (C=O) groups excluding carboxylic acids is 1. The molecule has 0 radical (unpaired) electrons. The molecule has 1 aromatic carbocycles. The number of hydrogen-bond acceptors (Lipinski definition) is 4. The first kappa shape index (κ1) is 15.0. The highest BCUT2D eigenvalue weighted by molar-refractivity contribution is 7.13. The van der Waals surface area contributed by atoms with Crippen LogP contribution >= 0.6 is 11.3 Å². The number of aromatic nitrogens is 1. The maximum atomic E-state index is 12.3. The van der Waals surface area contributed by atoms with E-state index in [1.807, 2.05) is 0 Å². The van der Waals surface area contributed by atoms with E-state index in [2.05, 4.69) is 4.98 Å². The van der Waals surface area contributed by atoms with Crippen LogP contribution in [-0.4, -0.2) is 28.1 Å². The molecule has 21 heavy (non-hydrogen) atoms. The van der Waals surface area contributed by atoms with E-state index in [1.54, 1.807) is 11.4 Å². The lowest BCUT2D eigenvalue weighted by Gasteiger charge is -2.10. The molecule has 2 N–H and O–H groups in total. The zero-order chi connectivity index (χ0) is 15.6. The van der Waals surface area contributed by atoms with Crippen molar-refractivity contribution < 1.29 is 27.9 Å². The van der Waals surface area contributed by atoms with Gasteiger partial charge in [0.25, 0.3) is 0 Å². The number of carbonyl (C=O) groups is 2. The standard InChI is InChI=1S/C12H7F3N2O3S/c13-12(14,15)11(20)17-7-4-2-1-3-6(7)9-16-8(5-21-9)10(18)19/h1-5H,(H,17,20)(H,18,19). The number of halogens is 3. The van der Waals surface area contributed by atoms with E-state index < -0.39 is 18.1 Å². The number of nitrogens with zero attached hydrogens (tertiary/aromatic N) is 1. The second-order valence-corrected chi connectivity index (χ2v) is 4.70. The third-order valence-corrected chi connectivity index (χ3v) is 3.26. The monoisotopic (exact) mass is 316 g/mol. The molecule has 5 nitrogen and oxygen atoms in total. The predicted octanol–water partition coefficient (Wildman–Crippen LogP) is 3.01. The van der Waals surface area contributed by atoms with E-state index in [4.69, 9.17) is 5.11 Å². The van der Waals surface area contributed by atoms with Crippen LogP contribution in [0.5, 0.6) is 0 Å². The number of anilines is 1. The van der Waals surface area contributed by atoms with E-state index in [0.29, 0.717) is 0 Å². The number of para-hydroxylation sites is 1. The first-order chi connectivity index (χ1) is 9.79. The molecule has 0 atom stereocenters. The zero-order valence-corrected chi connectivity index (χ0v) is 11.0. The fourth-order valence-electron chi connectivity index (χ4n) is 1.47. The summed E-state index contributed by atoms with van der Waals surface area (Å²) in [6.45, 7) is 0. The SMILES string of the molecule is O=C(O)c1csc(-c2ccccc2NC(=O)C(F)(F)F)n1. The lowest BCUT2D eigenvalue weighted by atomic mass is 10.2. The maximum absolute atomic E-state index is 12.3. The Labute approximate surface area is 120 Å². The van der Waals surface area contributed by atoms with Crippen molar-refractivity contribution in [2.75, 3.05) is 5.32 Å². The number of benzene rings is 1. The highest BCUT2D eigenvalue weighted by Gasteiger charge is 2.39. The fraction of sp³-hybridized carbons (Fsp3) is 0.0833. The highest BCUT2D eigenvalue weighted by Crippen LogP contribution is 2.31. The van der Waals surface area contributed by atoms with Crippen LogP contribution in [0.1, 0.15) is 10.5 Å². The Morgan fingerprint density at radius 3 is 2.48 bits per heavy atom. The quantitative estimate of drug-likeness (QED) is 0.912. The number of carboxylic acid groups (broad SMARTS) is 1. The lowest BCUT2D eigenvalue weighted by molar-refractivity contribution is -0.167. The highest BCUT2D eigenvalue weighted by atomic mass is 32.1. The Bertz CT molecular complexity index is 697. The van der Waals surface area contributed by atoms with Crippen LogP contribution in [0.2, 0.25) is 0 Å². The normalized spacial score (nSPS) is 11.2. The average molecular weight is 316 g/mol. The van der Waals surface area contributed by atoms with Gasteiger partial charge in [-0.3, -0.25) is 4.79 Å². The summed E-state index contributed by atoms with van der Waals surface area (Å²) in [7, 11) is 0. The number of thiazole rings is 1. The number of nitrogens with one attached hydrogen (secondary N) is 1. The smallest absolute Gasteiger partial charge is 0.471 e. The van der Waals surface area contributed by atoms with Gasteiger partial charge in [-0.1, -0.05) is 12.1 Å². The Hall–Kier alpha value is -2.42. The topological polar surface area (TPSA) is 79.3 Å². The molecule has 1 aromatic heterocycles. The van der Waals surface area contributed by atoms with E-state index in [1.165, 1.54) is 23.6 Å². The minimum atomic E-state index is -5.01. The van der Waals surface area contributed by atoms with Crippen molar-refractivity contribution in [1.29, 1.82) is 0 Å². The molecular weight excluding hydrogens is 309 g/mol. The lowest BCUT2D eigenvalue weighted by Crippen LogP contribution is -2.30. The van der Waals surface area contributed by atoms with E-state index in [9.17, 15) is 22.8 Å². The van der Waals surface area contributed by atoms with Gasteiger partial charge in [-0.2, -0.15) is 13.2 Å². The summed E-state index contributed by atoms with van der Waals surface area (Å²) >= 11 is 0.955. The van der Waals surface area contributed by atoms with Gasteiger partial charge in [0.05, 0.1) is 5.69 Å². The molecule has 0 fully saturated rings. The summed E-state index contributed by atoms with van der Waals surface area (Å²) in [5.41, 5.74) is -0.0920. The number of hydrogen-bond donors (Lipinski definition) is 2. The van der Waals surface area contributed by atoms with Gasteiger partial charge < -0.3 is 10.4 Å². The number of amides is 1. The zero-order valence-electron chi connectivity index (χ0n) is 10.1. The maximum Gasteiger partial charge on any atom is 0.471 e. The van der Waals surface area contributed by atoms with Crippen molar-refractivity contribution in [2.45, 2.75) is 6.18 Å². The van der Waals surface area contributed by atoms with Crippen LogP contribution in [-0.2, 0) is 4.79 Å². The fourth-order valence-corrected chi connectivity index (χ4v) is 2.30. The van der Waals surface area contributed by atoms with Crippen molar-refractivity contribution in [1.82, 2.24) is 4.98 Å². The number of aromatic carboxylic acids is 1. The second-order valence-electron chi connectivity index (χ2n) is 3.84. The molecule has 0 bridgehead atoms. The van der Waals surface area contributed by atoms with Crippen molar-refractivity contribution in [3.8, 4) is 10.6 Å². The van der Waals surface area contributed by atoms with Crippen LogP contribution in [0.15, 0.2) is 29.6 Å². The molecule has 110 valence electrons. The molecule has 1 heterocycles. The molecule has 0 saturated carbocycles. The van der Waals surface area contributed by atoms with Crippen LogP contribution < -0.4 is 5.32 Å². The molecule has 0 spiro atoms. The Kier molecular flexibility index (Phi) is 3.94. The van der Waals surface area contributed by atoms with Gasteiger partial charge in [-0.15, -0.1) is 11.3 Å². The van der Waals surface area contributed by atoms with Crippen molar-refractivity contribution in [2.24, 2.45) is 0 Å². The summed E-state index contributed by atoms with van der Waals surface area (Å²) in [6.07, 6.45) is -5.01. The minimum absolute atomic E-state index is 0.0916. The van der Waals surface area contributed by atoms with Gasteiger partial charge >= 0.3 is 18.1 Å². The van der Waals surface area contributed by atoms with E-state index in [-0.39, 0.29) is 22.0 Å². The summed E-state index contributed by atoms with van der Waals surface area (Å²) in [5.74, 6) is -3.35. The molecular formula is C12H7F3N2O3S. The first-order valence-corrected chi connectivity index (χ1v) is 6.33. The Balaban J connectivity index is 2.36. The van der Waals surface area contributed by atoms with Gasteiger partial charge in [0, 0.05) is 10.9 Å². The molecule has 2 aromatic rings. The molecule has 0 saturated heterocycles. The first-order valence-electron chi connectivity index (χ1n) is 5.45. The molecule has 1 amide bonds. The predicted molar refractivity (Wildman–Crippen MR) is 69.2 cm³/mol. The van der Waals surface area contributed by atoms with Gasteiger partial charge in [0.15, 0.2) is 5.69 Å². The van der Waals surface area contributed by atoms with Crippen LogP contribution in [0.4, 0.5) is 18.9 Å². The molecule has 0 unspecified atom stereocenters. The summed E-state index contributed by atoms with van der Waals surface area (Å²) in [5, 5.41) is 12.0. The third kappa shape index (κ3) is 3.37. The molecule has 9 heteroatoms. The number of rotatable bonds is 3. The van der Waals surface area contributed by atoms with Crippen LogP contribution in [0.3, 0.4) is 0 Å². The molecule has 2 rings (SSSR count). The van der Waals surface area contributed by atoms with E-state index >= 15 is 0 Å². The van der Waals surface area contributed by atoms with Gasteiger partial charge in [-0.05, 0) is 12.1 Å². The Morgan fingerprint density at radius 2 is 1.90 bits per heavy atom. The van der Waals surface area contributed by atoms with Crippen LogP contribution in [0.25, 0.3) is 10.6 Å². The van der Waals surface area contributed by atoms with Gasteiger partial charge in [0.2, 0.25) is 0 Å². The van der Waals surface area contributed by atoms with Gasteiger partial charge in [-0.25, -0.2) is 9.78 Å². The second kappa shape index (κ2) is 5.52. The molecule has 0 aliphatic heterocycles. The third-order valence-electron chi connectivity index (χ3n) is 2.39. The summed E-state index contributed by atoms with van der Waals surface area (Å²) in [6, 6.07) is 5.71. The molecule has 0 aliphatic rings. The van der Waals surface area contributed by atoms with Gasteiger partial charge in [0.1, 0.15) is 5.01 Å². The minimum Gasteiger partial charge on any atom is -0.476 e. The number of carboxylic acids is 1. The van der Waals surface area contributed by atoms with Crippen molar-refractivity contribution >= 4 is 28.9 Å². The summed E-state index contributed by atoms with van der Waals surface area (Å²) in [4.78, 5) is 25.5. The average Bonchev–Trinajstić information content (AvgIpc) is 2.88. The van der Waals surface area contributed by atoms with E-state index in [0.717, 1.165) is 11.3 Å². The largest absolute Gasteiger partial charge is 0.476 e. The summed E-state index contributed by atoms with van der Waals surface area (Å²) < 4.78 is 36.8. The van der Waals surface area contributed by atoms with Crippen molar-refractivity contribution in [3.63, 3.8) is 0 Å². The number of alkyl halides is 3. The van der Waals surface area contributed by atoms with Crippen LogP contribution in [0, 0.1) is 0 Å². The van der Waals surface area contributed by atoms with Crippen molar-refractivity contribution in [3.05, 3.63) is 35.3 Å². The molecule has 0 aliphatic carbocycles. The Morgan fingerprint density at radius 1 is 1.24 bits per heavy atom.